The molecule has 5 heteroatoms. The number of rotatable bonds is 2. The highest BCUT2D eigenvalue weighted by Gasteiger charge is 2.07. The summed E-state index contributed by atoms with van der Waals surface area (Å²) in [7, 11) is 1.60. The maximum Gasteiger partial charge on any atom is 0.225 e. The predicted octanol–water partition coefficient (Wildman–Crippen LogP) is 2.20. The Hall–Kier alpha value is -1.68. The Balaban J connectivity index is 2.53. The third-order valence-electron chi connectivity index (χ3n) is 1.89. The number of benzene rings is 1. The van der Waals surface area contributed by atoms with E-state index < -0.39 is 0 Å². The molecule has 0 unspecified atom stereocenters. The molecule has 2 aromatic rings. The van der Waals surface area contributed by atoms with Crippen molar-refractivity contribution in [3.8, 4) is 17.1 Å². The van der Waals surface area contributed by atoms with Crippen LogP contribution in [0.4, 0.5) is 0 Å². The van der Waals surface area contributed by atoms with Crippen molar-refractivity contribution in [1.29, 1.82) is 0 Å². The third kappa shape index (κ3) is 2.05. The summed E-state index contributed by atoms with van der Waals surface area (Å²) in [5, 5.41) is 0.172. The van der Waals surface area contributed by atoms with Gasteiger partial charge in [-0.2, -0.15) is 4.98 Å². The van der Waals surface area contributed by atoms with Crippen LogP contribution in [0, 0.1) is 0 Å². The van der Waals surface area contributed by atoms with Crippen molar-refractivity contribution in [2.45, 2.75) is 0 Å². The molecular formula is C10H8ClN3O. The van der Waals surface area contributed by atoms with E-state index >= 15 is 0 Å². The van der Waals surface area contributed by atoms with Gasteiger partial charge in [-0.05, 0) is 23.7 Å². The summed E-state index contributed by atoms with van der Waals surface area (Å²) in [6.45, 7) is 0. The lowest BCUT2D eigenvalue weighted by atomic mass is 10.2. The summed E-state index contributed by atoms with van der Waals surface area (Å²) in [5.74, 6) is 1.22. The summed E-state index contributed by atoms with van der Waals surface area (Å²) < 4.78 is 5.20. The maximum absolute atomic E-state index is 5.69. The molecule has 1 heterocycles. The summed E-state index contributed by atoms with van der Waals surface area (Å²) in [4.78, 5) is 11.8. The van der Waals surface area contributed by atoms with Crippen molar-refractivity contribution in [2.75, 3.05) is 7.11 Å². The van der Waals surface area contributed by atoms with E-state index in [9.17, 15) is 0 Å². The molecule has 0 N–H and O–H groups in total. The molecule has 0 aliphatic heterocycles. The van der Waals surface area contributed by atoms with Gasteiger partial charge in [0.2, 0.25) is 5.28 Å². The first-order valence-electron chi connectivity index (χ1n) is 4.29. The largest absolute Gasteiger partial charge is 0.496 e. The summed E-state index contributed by atoms with van der Waals surface area (Å²) >= 11 is 5.69. The lowest BCUT2D eigenvalue weighted by molar-refractivity contribution is 0.416. The first kappa shape index (κ1) is 9.86. The molecule has 0 radical (unpaired) electrons. The van der Waals surface area contributed by atoms with E-state index in [2.05, 4.69) is 15.0 Å². The quantitative estimate of drug-likeness (QED) is 0.780. The Morgan fingerprint density at radius 3 is 2.73 bits per heavy atom. The Bertz CT molecular complexity index is 476. The smallest absolute Gasteiger partial charge is 0.225 e. The van der Waals surface area contributed by atoms with Gasteiger partial charge in [0.05, 0.1) is 12.7 Å². The minimum absolute atomic E-state index is 0.172. The molecular weight excluding hydrogens is 214 g/mol. The van der Waals surface area contributed by atoms with Gasteiger partial charge in [-0.1, -0.05) is 12.1 Å². The fourth-order valence-corrected chi connectivity index (χ4v) is 1.36. The number of hydrogen-bond acceptors (Lipinski definition) is 4. The third-order valence-corrected chi connectivity index (χ3v) is 2.07. The average Bonchev–Trinajstić information content (AvgIpc) is 2.29. The van der Waals surface area contributed by atoms with Gasteiger partial charge >= 0.3 is 0 Å². The number of hydrogen-bond donors (Lipinski definition) is 0. The second-order valence-corrected chi connectivity index (χ2v) is 3.12. The second-order valence-electron chi connectivity index (χ2n) is 2.78. The van der Waals surface area contributed by atoms with Crippen LogP contribution < -0.4 is 4.74 Å². The first-order valence-corrected chi connectivity index (χ1v) is 4.67. The molecule has 0 amide bonds. The molecule has 0 fully saturated rings. The summed E-state index contributed by atoms with van der Waals surface area (Å²) in [6.07, 6.45) is 1.37. The SMILES string of the molecule is COc1ccccc1-c1ncnc(Cl)n1. The van der Waals surface area contributed by atoms with Crippen LogP contribution in [0.5, 0.6) is 5.75 Å². The molecule has 1 aromatic carbocycles. The number of nitrogens with zero attached hydrogens (tertiary/aromatic N) is 3. The zero-order valence-electron chi connectivity index (χ0n) is 8.01. The number of para-hydroxylation sites is 1. The van der Waals surface area contributed by atoms with Crippen LogP contribution in [-0.2, 0) is 0 Å². The Labute approximate surface area is 91.9 Å². The highest BCUT2D eigenvalue weighted by molar-refractivity contribution is 6.28. The Kier molecular flexibility index (Phi) is 2.78. The van der Waals surface area contributed by atoms with Crippen molar-refractivity contribution in [3.63, 3.8) is 0 Å². The van der Waals surface area contributed by atoms with Crippen molar-refractivity contribution >= 4 is 11.6 Å². The number of methoxy groups -OCH3 is 1. The summed E-state index contributed by atoms with van der Waals surface area (Å²) in [6, 6.07) is 7.47. The van der Waals surface area contributed by atoms with Crippen molar-refractivity contribution in [3.05, 3.63) is 35.9 Å². The first-order chi connectivity index (χ1) is 7.31. The van der Waals surface area contributed by atoms with Crippen molar-refractivity contribution in [2.24, 2.45) is 0 Å². The average molecular weight is 222 g/mol. The van der Waals surface area contributed by atoms with E-state index in [1.54, 1.807) is 7.11 Å². The van der Waals surface area contributed by atoms with E-state index in [-0.39, 0.29) is 5.28 Å². The molecule has 0 bridgehead atoms. The normalized spacial score (nSPS) is 10.0. The van der Waals surface area contributed by atoms with Crippen LogP contribution in [0.25, 0.3) is 11.4 Å². The number of ether oxygens (including phenoxy) is 1. The lowest BCUT2D eigenvalue weighted by Gasteiger charge is -2.05. The van der Waals surface area contributed by atoms with E-state index in [1.165, 1.54) is 6.33 Å². The van der Waals surface area contributed by atoms with Gasteiger partial charge in [-0.3, -0.25) is 0 Å². The zero-order chi connectivity index (χ0) is 10.7. The van der Waals surface area contributed by atoms with Crippen LogP contribution in [0.2, 0.25) is 5.28 Å². The van der Waals surface area contributed by atoms with E-state index in [1.807, 2.05) is 24.3 Å². The van der Waals surface area contributed by atoms with Gasteiger partial charge in [0.25, 0.3) is 0 Å². The molecule has 2 rings (SSSR count). The van der Waals surface area contributed by atoms with Crippen LogP contribution >= 0.6 is 11.6 Å². The molecule has 0 saturated carbocycles. The van der Waals surface area contributed by atoms with Gasteiger partial charge in [0.1, 0.15) is 12.1 Å². The highest BCUT2D eigenvalue weighted by Crippen LogP contribution is 2.26. The Morgan fingerprint density at radius 2 is 2.00 bits per heavy atom. The van der Waals surface area contributed by atoms with Gasteiger partial charge in [-0.25, -0.2) is 9.97 Å². The second kappa shape index (κ2) is 4.23. The van der Waals surface area contributed by atoms with Gasteiger partial charge in [-0.15, -0.1) is 0 Å². The molecule has 15 heavy (non-hydrogen) atoms. The lowest BCUT2D eigenvalue weighted by Crippen LogP contribution is -1.94. The van der Waals surface area contributed by atoms with Crippen LogP contribution in [0.3, 0.4) is 0 Å². The minimum Gasteiger partial charge on any atom is -0.496 e. The molecule has 0 spiro atoms. The van der Waals surface area contributed by atoms with Crippen LogP contribution in [-0.4, -0.2) is 22.1 Å². The molecule has 0 aliphatic carbocycles. The predicted molar refractivity (Wildman–Crippen MR) is 56.8 cm³/mol. The van der Waals surface area contributed by atoms with Crippen LogP contribution in [0.1, 0.15) is 0 Å². The van der Waals surface area contributed by atoms with E-state index in [0.29, 0.717) is 11.6 Å². The fraction of sp³-hybridized carbons (Fsp3) is 0.100. The molecule has 1 aromatic heterocycles. The highest BCUT2D eigenvalue weighted by atomic mass is 35.5. The molecule has 4 nitrogen and oxygen atoms in total. The van der Waals surface area contributed by atoms with E-state index in [4.69, 9.17) is 16.3 Å². The number of halogens is 1. The van der Waals surface area contributed by atoms with Crippen molar-refractivity contribution in [1.82, 2.24) is 15.0 Å². The Morgan fingerprint density at radius 1 is 1.20 bits per heavy atom. The maximum atomic E-state index is 5.69. The molecule has 0 atom stereocenters. The van der Waals surface area contributed by atoms with Crippen LogP contribution in [0.15, 0.2) is 30.6 Å². The standard InChI is InChI=1S/C10H8ClN3O/c1-15-8-5-3-2-4-7(8)9-12-6-13-10(11)14-9/h2-6H,1H3. The fourth-order valence-electron chi connectivity index (χ4n) is 1.24. The topological polar surface area (TPSA) is 47.9 Å². The molecule has 0 aliphatic rings. The monoisotopic (exact) mass is 221 g/mol. The zero-order valence-corrected chi connectivity index (χ0v) is 8.77. The number of aromatic nitrogens is 3. The molecule has 0 saturated heterocycles. The van der Waals surface area contributed by atoms with Gasteiger partial charge < -0.3 is 4.74 Å². The summed E-state index contributed by atoms with van der Waals surface area (Å²) in [5.41, 5.74) is 0.796. The van der Waals surface area contributed by atoms with Crippen molar-refractivity contribution < 1.29 is 4.74 Å². The minimum atomic E-state index is 0.172. The van der Waals surface area contributed by atoms with Gasteiger partial charge in [0, 0.05) is 0 Å². The molecule has 76 valence electrons. The van der Waals surface area contributed by atoms with E-state index in [0.717, 1.165) is 5.56 Å². The van der Waals surface area contributed by atoms with Gasteiger partial charge in [0.15, 0.2) is 5.82 Å².